The molecule has 0 fully saturated rings. The van der Waals surface area contributed by atoms with Crippen molar-refractivity contribution in [3.8, 4) is 16.9 Å². The third-order valence-electron chi connectivity index (χ3n) is 4.28. The van der Waals surface area contributed by atoms with Crippen molar-refractivity contribution >= 4 is 23.2 Å². The molecular weight excluding hydrogens is 346 g/mol. The number of carbonyl (C=O) groups excluding carboxylic acids is 1. The van der Waals surface area contributed by atoms with E-state index in [2.05, 4.69) is 5.32 Å². The average molecular weight is 366 g/mol. The maximum Gasteiger partial charge on any atom is 0.262 e. The van der Waals surface area contributed by atoms with Gasteiger partial charge in [0.1, 0.15) is 5.75 Å². The van der Waals surface area contributed by atoms with Crippen LogP contribution >= 0.6 is 11.6 Å². The van der Waals surface area contributed by atoms with Crippen molar-refractivity contribution in [2.75, 3.05) is 11.9 Å². The number of nitrogens with one attached hydrogen (secondary N) is 1. The van der Waals surface area contributed by atoms with Crippen LogP contribution in [0.2, 0.25) is 5.02 Å². The van der Waals surface area contributed by atoms with E-state index in [1.54, 1.807) is 6.07 Å². The zero-order valence-corrected chi connectivity index (χ0v) is 15.5. The normalized spacial score (nSPS) is 10.4. The molecule has 1 amide bonds. The highest BCUT2D eigenvalue weighted by atomic mass is 35.5. The first-order chi connectivity index (χ1) is 12.5. The molecule has 0 aliphatic rings. The molecule has 0 aliphatic carbocycles. The predicted molar refractivity (Wildman–Crippen MR) is 107 cm³/mol. The van der Waals surface area contributed by atoms with Crippen LogP contribution in [0.4, 0.5) is 5.69 Å². The number of hydrogen-bond acceptors (Lipinski definition) is 2. The predicted octanol–water partition coefficient (Wildman–Crippen LogP) is 5.64. The summed E-state index contributed by atoms with van der Waals surface area (Å²) < 4.78 is 5.59. The molecule has 0 atom stereocenters. The number of halogens is 1. The molecule has 3 nitrogen and oxygen atoms in total. The van der Waals surface area contributed by atoms with Gasteiger partial charge in [0.05, 0.1) is 5.02 Å². The Morgan fingerprint density at radius 1 is 0.962 bits per heavy atom. The summed E-state index contributed by atoms with van der Waals surface area (Å²) in [6.45, 7) is 3.89. The average Bonchev–Trinajstić information content (AvgIpc) is 2.65. The van der Waals surface area contributed by atoms with Crippen LogP contribution in [0.15, 0.2) is 66.7 Å². The van der Waals surface area contributed by atoms with E-state index in [1.807, 2.05) is 74.5 Å². The molecular formula is C22H20ClNO2. The minimum atomic E-state index is -0.220. The van der Waals surface area contributed by atoms with E-state index in [4.69, 9.17) is 16.3 Å². The third kappa shape index (κ3) is 4.24. The summed E-state index contributed by atoms with van der Waals surface area (Å²) >= 11 is 6.31. The van der Waals surface area contributed by atoms with Gasteiger partial charge in [0.2, 0.25) is 0 Å². The fraction of sp³-hybridized carbons (Fsp3) is 0.136. The molecule has 3 aromatic carbocycles. The smallest absolute Gasteiger partial charge is 0.262 e. The topological polar surface area (TPSA) is 38.3 Å². The van der Waals surface area contributed by atoms with Crippen molar-refractivity contribution in [3.63, 3.8) is 0 Å². The van der Waals surface area contributed by atoms with Crippen LogP contribution in [-0.4, -0.2) is 12.5 Å². The maximum absolute atomic E-state index is 12.2. The van der Waals surface area contributed by atoms with E-state index in [1.165, 1.54) is 0 Å². The van der Waals surface area contributed by atoms with Gasteiger partial charge in [-0.3, -0.25) is 4.79 Å². The van der Waals surface area contributed by atoms with Crippen molar-refractivity contribution in [2.45, 2.75) is 13.8 Å². The number of amides is 1. The summed E-state index contributed by atoms with van der Waals surface area (Å²) in [6.07, 6.45) is 0. The summed E-state index contributed by atoms with van der Waals surface area (Å²) in [5, 5.41) is 3.35. The van der Waals surface area contributed by atoms with Gasteiger partial charge in [0.15, 0.2) is 6.61 Å². The third-order valence-corrected chi connectivity index (χ3v) is 4.57. The fourth-order valence-electron chi connectivity index (χ4n) is 2.64. The second-order valence-corrected chi connectivity index (χ2v) is 6.50. The first-order valence-corrected chi connectivity index (χ1v) is 8.76. The monoisotopic (exact) mass is 365 g/mol. The summed E-state index contributed by atoms with van der Waals surface area (Å²) in [5.41, 5.74) is 5.05. The Balaban J connectivity index is 1.64. The molecule has 0 aliphatic heterocycles. The van der Waals surface area contributed by atoms with Gasteiger partial charge in [-0.1, -0.05) is 60.1 Å². The quantitative estimate of drug-likeness (QED) is 0.635. The largest absolute Gasteiger partial charge is 0.482 e. The number of carbonyl (C=O) groups is 1. The van der Waals surface area contributed by atoms with E-state index in [0.29, 0.717) is 10.8 Å². The zero-order valence-electron chi connectivity index (χ0n) is 14.8. The van der Waals surface area contributed by atoms with E-state index in [9.17, 15) is 4.79 Å². The van der Waals surface area contributed by atoms with E-state index in [-0.39, 0.29) is 12.5 Å². The lowest BCUT2D eigenvalue weighted by molar-refractivity contribution is -0.118. The lowest BCUT2D eigenvalue weighted by Gasteiger charge is -2.12. The SMILES string of the molecule is Cc1cccc(NC(=O)COc2ccc(-c3ccccc3)cc2Cl)c1C. The minimum absolute atomic E-state index is 0.0994. The molecule has 0 bridgehead atoms. The van der Waals surface area contributed by atoms with Gasteiger partial charge in [-0.05, 0) is 54.3 Å². The fourth-order valence-corrected chi connectivity index (χ4v) is 2.88. The van der Waals surface area contributed by atoms with Crippen LogP contribution in [0.1, 0.15) is 11.1 Å². The number of ether oxygens (including phenoxy) is 1. The Morgan fingerprint density at radius 3 is 2.46 bits per heavy atom. The molecule has 0 saturated heterocycles. The number of benzene rings is 3. The van der Waals surface area contributed by atoms with Gasteiger partial charge in [-0.25, -0.2) is 0 Å². The standard InChI is InChI=1S/C22H20ClNO2/c1-15-7-6-10-20(16(15)2)24-22(25)14-26-21-12-11-18(13-19(21)23)17-8-4-3-5-9-17/h3-13H,14H2,1-2H3,(H,24,25). The Kier molecular flexibility index (Phi) is 5.59. The van der Waals surface area contributed by atoms with E-state index >= 15 is 0 Å². The molecule has 0 aromatic heterocycles. The van der Waals surface area contributed by atoms with Gasteiger partial charge < -0.3 is 10.1 Å². The van der Waals surface area contributed by atoms with Crippen LogP contribution in [0, 0.1) is 13.8 Å². The molecule has 3 rings (SSSR count). The highest BCUT2D eigenvalue weighted by Gasteiger charge is 2.09. The summed E-state index contributed by atoms with van der Waals surface area (Å²) in [7, 11) is 0. The van der Waals surface area contributed by atoms with Crippen LogP contribution in [-0.2, 0) is 4.79 Å². The Hall–Kier alpha value is -2.78. The van der Waals surface area contributed by atoms with Gasteiger partial charge in [0, 0.05) is 5.69 Å². The first-order valence-electron chi connectivity index (χ1n) is 8.38. The molecule has 0 radical (unpaired) electrons. The van der Waals surface area contributed by atoms with Crippen molar-refractivity contribution in [1.29, 1.82) is 0 Å². The highest BCUT2D eigenvalue weighted by Crippen LogP contribution is 2.30. The van der Waals surface area contributed by atoms with Gasteiger partial charge >= 0.3 is 0 Å². The molecule has 26 heavy (non-hydrogen) atoms. The van der Waals surface area contributed by atoms with Crippen molar-refractivity contribution in [2.24, 2.45) is 0 Å². The number of hydrogen-bond donors (Lipinski definition) is 1. The van der Waals surface area contributed by atoms with Gasteiger partial charge in [0.25, 0.3) is 5.91 Å². The molecule has 3 aromatic rings. The number of anilines is 1. The van der Waals surface area contributed by atoms with Crippen LogP contribution in [0.5, 0.6) is 5.75 Å². The molecule has 4 heteroatoms. The van der Waals surface area contributed by atoms with E-state index < -0.39 is 0 Å². The number of aryl methyl sites for hydroxylation is 1. The highest BCUT2D eigenvalue weighted by molar-refractivity contribution is 6.32. The number of rotatable bonds is 5. The maximum atomic E-state index is 12.2. The minimum Gasteiger partial charge on any atom is -0.482 e. The Morgan fingerprint density at radius 2 is 1.73 bits per heavy atom. The molecule has 1 N–H and O–H groups in total. The molecule has 0 spiro atoms. The lowest BCUT2D eigenvalue weighted by Crippen LogP contribution is -2.20. The lowest BCUT2D eigenvalue weighted by atomic mass is 10.1. The second-order valence-electron chi connectivity index (χ2n) is 6.10. The van der Waals surface area contributed by atoms with Crippen molar-refractivity contribution in [3.05, 3.63) is 82.9 Å². The van der Waals surface area contributed by atoms with Gasteiger partial charge in [-0.15, -0.1) is 0 Å². The Bertz CT molecular complexity index is 923. The molecule has 0 saturated carbocycles. The first kappa shape index (κ1) is 18.0. The van der Waals surface area contributed by atoms with Gasteiger partial charge in [-0.2, -0.15) is 0 Å². The molecule has 0 unspecified atom stereocenters. The van der Waals surface area contributed by atoms with Crippen molar-refractivity contribution in [1.82, 2.24) is 0 Å². The summed E-state index contributed by atoms with van der Waals surface area (Å²) in [6, 6.07) is 21.3. The van der Waals surface area contributed by atoms with E-state index in [0.717, 1.165) is 27.9 Å². The molecule has 132 valence electrons. The summed E-state index contributed by atoms with van der Waals surface area (Å²) in [5.74, 6) is 0.268. The second kappa shape index (κ2) is 8.07. The van der Waals surface area contributed by atoms with Crippen LogP contribution in [0.25, 0.3) is 11.1 Å². The van der Waals surface area contributed by atoms with Crippen LogP contribution in [0.3, 0.4) is 0 Å². The summed E-state index contributed by atoms with van der Waals surface area (Å²) in [4.78, 5) is 12.2. The Labute approximate surface area is 158 Å². The van der Waals surface area contributed by atoms with Crippen LogP contribution < -0.4 is 10.1 Å². The molecule has 0 heterocycles. The zero-order chi connectivity index (χ0) is 18.5. The van der Waals surface area contributed by atoms with Crippen molar-refractivity contribution < 1.29 is 9.53 Å².